The molecule has 10 heavy (non-hydrogen) atoms. The van der Waals surface area contributed by atoms with Crippen LogP contribution >= 0.6 is 28.7 Å². The molecule has 2 nitrogen and oxygen atoms in total. The molecular weight excluding hydrogens is 212 g/mol. The summed E-state index contributed by atoms with van der Waals surface area (Å²) in [7, 11) is 0. The number of amidine groups is 1. The van der Waals surface area contributed by atoms with Crippen molar-refractivity contribution in [3.63, 3.8) is 0 Å². The maximum Gasteiger partial charge on any atom is 0.157 e. The van der Waals surface area contributed by atoms with Crippen molar-refractivity contribution in [1.29, 1.82) is 5.41 Å². The average Bonchev–Trinajstić information content (AvgIpc) is 2.18. The lowest BCUT2D eigenvalue weighted by Crippen LogP contribution is -2.23. The topological polar surface area (TPSA) is 27.1 Å². The van der Waals surface area contributed by atoms with Crippen LogP contribution in [0.4, 0.5) is 0 Å². The van der Waals surface area contributed by atoms with Crippen LogP contribution in [-0.4, -0.2) is 28.9 Å². The molecule has 0 unspecified atom stereocenters. The second-order valence-electron chi connectivity index (χ2n) is 1.78. The Kier molecular flexibility index (Phi) is 4.58. The Morgan fingerprint density at radius 3 is 2.90 bits per heavy atom. The third kappa shape index (κ3) is 2.24. The summed E-state index contributed by atoms with van der Waals surface area (Å²) in [6.45, 7) is 1.53. The normalized spacial score (nSPS) is 16.3. The van der Waals surface area contributed by atoms with Crippen molar-refractivity contribution in [2.45, 2.75) is 0 Å². The lowest BCUT2D eigenvalue weighted by atomic mass is 10.5. The number of nitrogens with zero attached hydrogens (tertiary/aromatic N) is 1. The zero-order valence-corrected chi connectivity index (χ0v) is 7.99. The number of hydrogen-bond acceptors (Lipinski definition) is 2. The zero-order valence-electron chi connectivity index (χ0n) is 5.46. The summed E-state index contributed by atoms with van der Waals surface area (Å²) in [6.07, 6.45) is 5.07. The molecule has 1 heterocycles. The number of thioether (sulfide) groups is 1. The van der Waals surface area contributed by atoms with Gasteiger partial charge in [-0.25, -0.2) is 0 Å². The maximum atomic E-state index is 7.30. The zero-order chi connectivity index (χ0) is 6.69. The van der Waals surface area contributed by atoms with Crippen molar-refractivity contribution in [2.75, 3.05) is 18.8 Å². The van der Waals surface area contributed by atoms with Crippen LogP contribution in [0.2, 0.25) is 0 Å². The third-order valence-electron chi connectivity index (χ3n) is 1.17. The summed E-state index contributed by atoms with van der Waals surface area (Å²) in [4.78, 5) is 1.89. The molecule has 0 atom stereocenters. The molecule has 4 heteroatoms. The summed E-state index contributed by atoms with van der Waals surface area (Å²) < 4.78 is 0. The number of hydrogen-bond donors (Lipinski definition) is 1. The van der Waals surface area contributed by atoms with E-state index >= 15 is 0 Å². The van der Waals surface area contributed by atoms with E-state index in [1.165, 1.54) is 0 Å². The largest absolute Gasteiger partial charge is 0.340 e. The van der Waals surface area contributed by atoms with Gasteiger partial charge in [-0.2, -0.15) is 0 Å². The quantitative estimate of drug-likeness (QED) is 0.673. The smallest absolute Gasteiger partial charge is 0.157 e. The van der Waals surface area contributed by atoms with Gasteiger partial charge in [0, 0.05) is 12.3 Å². The van der Waals surface area contributed by atoms with Crippen molar-refractivity contribution in [1.82, 2.24) is 4.90 Å². The molecule has 1 aliphatic heterocycles. The lowest BCUT2D eigenvalue weighted by molar-refractivity contribution is 0.518. The van der Waals surface area contributed by atoms with Gasteiger partial charge in [-0.3, -0.25) is 5.41 Å². The molecule has 0 aromatic heterocycles. The monoisotopic (exact) mass is 220 g/mol. The second-order valence-corrected chi connectivity index (χ2v) is 2.86. The first-order chi connectivity index (χ1) is 4.34. The molecular formula is C6H9BrN2S. The molecule has 56 valence electrons. The van der Waals surface area contributed by atoms with E-state index in [0.29, 0.717) is 11.7 Å². The van der Waals surface area contributed by atoms with Crippen molar-refractivity contribution >= 4 is 33.9 Å². The highest BCUT2D eigenvalue weighted by Crippen LogP contribution is 2.14. The average molecular weight is 221 g/mol. The Hall–Kier alpha value is -0.140. The van der Waals surface area contributed by atoms with Gasteiger partial charge >= 0.3 is 0 Å². The molecule has 0 bridgehead atoms. The van der Waals surface area contributed by atoms with E-state index in [9.17, 15) is 0 Å². The molecule has 0 saturated carbocycles. The molecule has 0 aliphatic carbocycles. The van der Waals surface area contributed by atoms with Crippen LogP contribution in [0, 0.1) is 17.8 Å². The van der Waals surface area contributed by atoms with Crippen molar-refractivity contribution in [3.05, 3.63) is 0 Å². The van der Waals surface area contributed by atoms with E-state index in [-0.39, 0.29) is 17.0 Å². The van der Waals surface area contributed by atoms with Gasteiger partial charge < -0.3 is 4.90 Å². The van der Waals surface area contributed by atoms with Crippen LogP contribution in [0.25, 0.3) is 0 Å². The Labute approximate surface area is 75.6 Å². The fraction of sp³-hybridized carbons (Fsp3) is 0.500. The highest BCUT2D eigenvalue weighted by molar-refractivity contribution is 8.93. The predicted octanol–water partition coefficient (Wildman–Crippen LogP) is 1.18. The third-order valence-corrected chi connectivity index (χ3v) is 2.09. The van der Waals surface area contributed by atoms with Gasteiger partial charge in [-0.05, 0) is 0 Å². The minimum atomic E-state index is 0. The van der Waals surface area contributed by atoms with E-state index in [1.54, 1.807) is 11.8 Å². The Bertz CT molecular complexity index is 164. The lowest BCUT2D eigenvalue weighted by Gasteiger charge is -2.10. The molecule has 1 rings (SSSR count). The van der Waals surface area contributed by atoms with E-state index in [0.717, 1.165) is 12.3 Å². The Morgan fingerprint density at radius 2 is 2.50 bits per heavy atom. The van der Waals surface area contributed by atoms with Crippen LogP contribution in [-0.2, 0) is 0 Å². The Morgan fingerprint density at radius 1 is 1.80 bits per heavy atom. The van der Waals surface area contributed by atoms with Crippen LogP contribution in [0.5, 0.6) is 0 Å². The summed E-state index contributed by atoms with van der Waals surface area (Å²) >= 11 is 1.56. The molecule has 0 amide bonds. The number of nitrogens with one attached hydrogen (secondary N) is 1. The van der Waals surface area contributed by atoms with Gasteiger partial charge in [0.15, 0.2) is 5.17 Å². The van der Waals surface area contributed by atoms with Crippen LogP contribution < -0.4 is 0 Å². The first-order valence-electron chi connectivity index (χ1n) is 2.74. The standard InChI is InChI=1S/C6H8N2S.BrH/c1-2-3-8-4-5-9-6(8)7;/h1,7H,3-5H2;1H. The molecule has 0 radical (unpaired) electrons. The Balaban J connectivity index is 0.000000810. The first-order valence-corrected chi connectivity index (χ1v) is 3.73. The van der Waals surface area contributed by atoms with Crippen molar-refractivity contribution in [3.8, 4) is 12.3 Å². The molecule has 0 aromatic carbocycles. The molecule has 1 N–H and O–H groups in total. The molecule has 1 fully saturated rings. The fourth-order valence-electron chi connectivity index (χ4n) is 0.706. The van der Waals surface area contributed by atoms with E-state index in [4.69, 9.17) is 11.8 Å². The highest BCUT2D eigenvalue weighted by Gasteiger charge is 2.15. The van der Waals surface area contributed by atoms with Gasteiger partial charge in [-0.15, -0.1) is 23.4 Å². The van der Waals surface area contributed by atoms with Crippen LogP contribution in [0.15, 0.2) is 0 Å². The van der Waals surface area contributed by atoms with E-state index in [2.05, 4.69) is 5.92 Å². The van der Waals surface area contributed by atoms with Gasteiger partial charge in [0.25, 0.3) is 0 Å². The molecule has 0 spiro atoms. The van der Waals surface area contributed by atoms with Gasteiger partial charge in [0.2, 0.25) is 0 Å². The van der Waals surface area contributed by atoms with Gasteiger partial charge in [-0.1, -0.05) is 17.7 Å². The van der Waals surface area contributed by atoms with Gasteiger partial charge in [0.1, 0.15) is 0 Å². The summed E-state index contributed by atoms with van der Waals surface area (Å²) in [6, 6.07) is 0. The minimum Gasteiger partial charge on any atom is -0.340 e. The van der Waals surface area contributed by atoms with Crippen LogP contribution in [0.1, 0.15) is 0 Å². The fourth-order valence-corrected chi connectivity index (χ4v) is 1.55. The van der Waals surface area contributed by atoms with E-state index < -0.39 is 0 Å². The molecule has 1 aliphatic rings. The molecule has 1 saturated heterocycles. The van der Waals surface area contributed by atoms with Crippen molar-refractivity contribution < 1.29 is 0 Å². The highest BCUT2D eigenvalue weighted by atomic mass is 79.9. The van der Waals surface area contributed by atoms with Gasteiger partial charge in [0.05, 0.1) is 6.54 Å². The van der Waals surface area contributed by atoms with Crippen molar-refractivity contribution in [2.24, 2.45) is 0 Å². The first kappa shape index (κ1) is 9.86. The summed E-state index contributed by atoms with van der Waals surface area (Å²) in [5.74, 6) is 3.53. The maximum absolute atomic E-state index is 7.30. The number of terminal acetylenes is 1. The summed E-state index contributed by atoms with van der Waals surface area (Å²) in [5.41, 5.74) is 0. The predicted molar refractivity (Wildman–Crippen MR) is 50.9 cm³/mol. The minimum absolute atomic E-state index is 0. The van der Waals surface area contributed by atoms with E-state index in [1.807, 2.05) is 4.90 Å². The second kappa shape index (κ2) is 4.64. The SMILES string of the molecule is Br.C#CCN1CCSC1=N. The molecule has 0 aromatic rings. The number of halogens is 1. The summed E-state index contributed by atoms with van der Waals surface area (Å²) in [5, 5.41) is 7.92. The van der Waals surface area contributed by atoms with Crippen LogP contribution in [0.3, 0.4) is 0 Å². The number of rotatable bonds is 1.